The van der Waals surface area contributed by atoms with Gasteiger partial charge in [-0.05, 0) is 52.8 Å². The standard InChI is InChI=1S/C28H41N2.C15H15NO.2ClH.Ru/c1-18(2)23-11-10-12-24(19(3)4)27(23)29-13-14-30(17-29)28-25(20(5)6)15-22(9)16-26(28)21(7)8;1-12-6-4-5-7-15(12)17-14-10-8-13(9-11-14)16(2)3;;;/h10-12,15-21H,13-14H2,1-9H3;1,4-11H,2-3H3;2*1H;/q-1;;;;+2/p-2. The van der Waals surface area contributed by atoms with Crippen LogP contribution in [0.5, 0.6) is 11.5 Å². The molecule has 0 atom stereocenters. The molecule has 4 aromatic carbocycles. The van der Waals surface area contributed by atoms with Crippen molar-refractivity contribution in [3.05, 3.63) is 119 Å². The molecule has 1 aliphatic rings. The molecule has 0 radical (unpaired) electrons. The molecule has 4 aromatic rings. The molecule has 7 heteroatoms. The van der Waals surface area contributed by atoms with E-state index in [0.717, 1.165) is 35.8 Å². The van der Waals surface area contributed by atoms with Gasteiger partial charge in [-0.1, -0.05) is 91.3 Å². The SMILES string of the molecule is CN(C)c1ccc(Oc2ccccc2[CH]=[Ru]([Cl])[Cl])cc1.Cc1cc(C(C)C)c(N2[CH-]N(c3c(C(C)C)cccc3C(C)C)CC2)c(C(C)C)c1. The maximum atomic E-state index is 5.93. The number of ether oxygens (including phenoxy) is 1. The Hall–Kier alpha value is -2.85. The third-order valence-corrected chi connectivity index (χ3v) is 10.9. The third kappa shape index (κ3) is 10.1. The van der Waals surface area contributed by atoms with Crippen molar-refractivity contribution in [3.63, 3.8) is 0 Å². The summed E-state index contributed by atoms with van der Waals surface area (Å²) in [4.78, 5) is 7.08. The Balaban J connectivity index is 0.000000244. The minimum absolute atomic E-state index is 0.508. The van der Waals surface area contributed by atoms with Crippen LogP contribution in [0.15, 0.2) is 78.9 Å². The predicted octanol–water partition coefficient (Wildman–Crippen LogP) is 12.6. The predicted molar refractivity (Wildman–Crippen MR) is 217 cm³/mol. The van der Waals surface area contributed by atoms with Gasteiger partial charge in [0.05, 0.1) is 0 Å². The van der Waals surface area contributed by atoms with E-state index in [-0.39, 0.29) is 0 Å². The molecule has 0 aromatic heterocycles. The second-order valence-electron chi connectivity index (χ2n) is 14.5. The topological polar surface area (TPSA) is 19.0 Å². The van der Waals surface area contributed by atoms with Crippen LogP contribution in [0, 0.1) is 13.6 Å². The zero-order valence-electron chi connectivity index (χ0n) is 31.7. The Labute approximate surface area is 315 Å². The maximum Gasteiger partial charge on any atom is 0.0157 e. The molecular weight excluding hydrogens is 746 g/mol. The number of hydrogen-bond donors (Lipinski definition) is 0. The first kappa shape index (κ1) is 39.9. The normalized spacial score (nSPS) is 13.3. The van der Waals surface area contributed by atoms with Crippen LogP contribution in [0.3, 0.4) is 0 Å². The minimum atomic E-state index is -1.86. The third-order valence-electron chi connectivity index (χ3n) is 9.02. The molecule has 272 valence electrons. The van der Waals surface area contributed by atoms with Crippen LogP contribution in [0.4, 0.5) is 17.1 Å². The van der Waals surface area contributed by atoms with E-state index >= 15 is 0 Å². The first-order chi connectivity index (χ1) is 23.7. The van der Waals surface area contributed by atoms with Crippen molar-refractivity contribution >= 4 is 41.1 Å². The number of hydrogen-bond acceptors (Lipinski definition) is 4. The van der Waals surface area contributed by atoms with Gasteiger partial charge in [-0.25, -0.2) is 0 Å². The van der Waals surface area contributed by atoms with Crippen LogP contribution in [0.2, 0.25) is 0 Å². The molecular formula is C43H56Cl2N3ORu-. The zero-order chi connectivity index (χ0) is 36.7. The first-order valence-corrected chi connectivity index (χ1v) is 23.2. The second kappa shape index (κ2) is 18.1. The van der Waals surface area contributed by atoms with Gasteiger partial charge >= 0.3 is 133 Å². The quantitative estimate of drug-likeness (QED) is 0.117. The smallest absolute Gasteiger partial charge is 0.0157 e. The molecule has 1 saturated heterocycles. The molecule has 5 rings (SSSR count). The summed E-state index contributed by atoms with van der Waals surface area (Å²) in [5.74, 6) is 3.60. The van der Waals surface area contributed by atoms with E-state index in [1.807, 2.05) is 72.1 Å². The van der Waals surface area contributed by atoms with Crippen molar-refractivity contribution in [2.75, 3.05) is 41.9 Å². The largest absolute Gasteiger partial charge is 0.502 e. The Bertz CT molecular complexity index is 1690. The van der Waals surface area contributed by atoms with Gasteiger partial charge in [-0.3, -0.25) is 0 Å². The van der Waals surface area contributed by atoms with E-state index in [1.165, 1.54) is 39.2 Å². The Kier molecular flexibility index (Phi) is 14.4. The van der Waals surface area contributed by atoms with Crippen LogP contribution in [-0.2, 0) is 13.5 Å². The van der Waals surface area contributed by atoms with E-state index in [0.29, 0.717) is 23.7 Å². The van der Waals surface area contributed by atoms with Crippen molar-refractivity contribution in [2.45, 2.75) is 86.0 Å². The van der Waals surface area contributed by atoms with Gasteiger partial charge < -0.3 is 9.80 Å². The molecule has 0 N–H and O–H groups in total. The average molecular weight is 803 g/mol. The Morgan fingerprint density at radius 1 is 0.680 bits per heavy atom. The van der Waals surface area contributed by atoms with Gasteiger partial charge in [0, 0.05) is 24.5 Å². The molecule has 0 aliphatic carbocycles. The van der Waals surface area contributed by atoms with Crippen LogP contribution in [0.25, 0.3) is 0 Å². The van der Waals surface area contributed by atoms with Crippen molar-refractivity contribution in [3.8, 4) is 11.5 Å². The molecule has 4 nitrogen and oxygen atoms in total. The van der Waals surface area contributed by atoms with Crippen LogP contribution >= 0.6 is 19.4 Å². The van der Waals surface area contributed by atoms with E-state index in [2.05, 4.69) is 109 Å². The summed E-state index contributed by atoms with van der Waals surface area (Å²) in [6, 6.07) is 27.3. The summed E-state index contributed by atoms with van der Waals surface area (Å²) in [6.07, 6.45) is 0. The summed E-state index contributed by atoms with van der Waals surface area (Å²) in [5.41, 5.74) is 12.1. The summed E-state index contributed by atoms with van der Waals surface area (Å²) in [7, 11) is 15.9. The number of anilines is 3. The molecule has 0 spiro atoms. The molecule has 0 amide bonds. The van der Waals surface area contributed by atoms with E-state index in [4.69, 9.17) is 24.1 Å². The zero-order valence-corrected chi connectivity index (χ0v) is 35.0. The van der Waals surface area contributed by atoms with Crippen LogP contribution in [-0.4, -0.2) is 31.8 Å². The summed E-state index contributed by atoms with van der Waals surface area (Å²) in [6.45, 7) is 25.2. The van der Waals surface area contributed by atoms with Crippen molar-refractivity contribution in [2.24, 2.45) is 0 Å². The van der Waals surface area contributed by atoms with Gasteiger partial charge in [0.25, 0.3) is 0 Å². The molecule has 0 bridgehead atoms. The summed E-state index contributed by atoms with van der Waals surface area (Å²) in [5, 5.41) is 0. The molecule has 1 heterocycles. The fourth-order valence-electron chi connectivity index (χ4n) is 6.41. The van der Waals surface area contributed by atoms with E-state index in [1.54, 1.807) is 0 Å². The van der Waals surface area contributed by atoms with E-state index < -0.39 is 13.5 Å². The molecule has 1 aliphatic heterocycles. The Morgan fingerprint density at radius 3 is 1.62 bits per heavy atom. The van der Waals surface area contributed by atoms with Crippen LogP contribution in [0.1, 0.15) is 112 Å². The number of aryl methyl sites for hydroxylation is 1. The molecule has 0 saturated carbocycles. The average Bonchev–Trinajstić information content (AvgIpc) is 3.54. The van der Waals surface area contributed by atoms with Gasteiger partial charge in [-0.15, -0.1) is 0 Å². The fraction of sp³-hybridized carbons (Fsp3) is 0.395. The fourth-order valence-corrected chi connectivity index (χ4v) is 8.22. The first-order valence-electron chi connectivity index (χ1n) is 17.7. The molecule has 0 unspecified atom stereocenters. The van der Waals surface area contributed by atoms with Crippen molar-refractivity contribution in [1.82, 2.24) is 0 Å². The second-order valence-corrected chi connectivity index (χ2v) is 20.3. The van der Waals surface area contributed by atoms with Crippen LogP contribution < -0.4 is 19.4 Å². The Morgan fingerprint density at radius 2 is 1.16 bits per heavy atom. The van der Waals surface area contributed by atoms with E-state index in [9.17, 15) is 0 Å². The number of nitrogens with zero attached hydrogens (tertiary/aromatic N) is 3. The number of rotatable bonds is 10. The summed E-state index contributed by atoms with van der Waals surface area (Å²) < 4.78 is 7.79. The summed E-state index contributed by atoms with van der Waals surface area (Å²) >= 11 is -1.86. The van der Waals surface area contributed by atoms with Crippen molar-refractivity contribution in [1.29, 1.82) is 0 Å². The monoisotopic (exact) mass is 802 g/mol. The van der Waals surface area contributed by atoms with Gasteiger partial charge in [0.15, 0.2) is 0 Å². The molecule has 50 heavy (non-hydrogen) atoms. The van der Waals surface area contributed by atoms with Gasteiger partial charge in [0.2, 0.25) is 0 Å². The number of halogens is 2. The maximum absolute atomic E-state index is 5.93. The molecule has 1 fully saturated rings. The van der Waals surface area contributed by atoms with Gasteiger partial charge in [-0.2, -0.15) is 6.67 Å². The minimum Gasteiger partial charge on any atom is -0.502 e. The van der Waals surface area contributed by atoms with Crippen molar-refractivity contribution < 1.29 is 18.3 Å². The van der Waals surface area contributed by atoms with Gasteiger partial charge in [0.1, 0.15) is 0 Å². The number of benzene rings is 4. The number of para-hydroxylation sites is 2.